The van der Waals surface area contributed by atoms with Gasteiger partial charge in [-0.2, -0.15) is 0 Å². The van der Waals surface area contributed by atoms with E-state index >= 15 is 4.39 Å². The van der Waals surface area contributed by atoms with Gasteiger partial charge in [0.25, 0.3) is 0 Å². The molecule has 0 saturated carbocycles. The minimum absolute atomic E-state index is 0.00541. The van der Waals surface area contributed by atoms with Crippen molar-refractivity contribution >= 4 is 74.8 Å². The molecule has 4 aromatic carbocycles. The molecule has 2 aromatic heterocycles. The van der Waals surface area contributed by atoms with Crippen molar-refractivity contribution in [2.45, 2.75) is 59.8 Å². The van der Waals surface area contributed by atoms with E-state index in [9.17, 15) is 22.8 Å². The van der Waals surface area contributed by atoms with E-state index in [0.717, 1.165) is 29.8 Å². The molecule has 0 fully saturated rings. The molecule has 0 aliphatic rings. The number of hydrogen-bond acceptors (Lipinski definition) is 10. The summed E-state index contributed by atoms with van der Waals surface area (Å²) in [4.78, 5) is 32.8. The maximum absolute atomic E-state index is 16.1. The van der Waals surface area contributed by atoms with Gasteiger partial charge in [0.15, 0.2) is 5.82 Å². The van der Waals surface area contributed by atoms with E-state index in [1.54, 1.807) is 28.8 Å². The van der Waals surface area contributed by atoms with E-state index in [2.05, 4.69) is 33.9 Å². The van der Waals surface area contributed by atoms with Gasteiger partial charge in [0.05, 0.1) is 92.8 Å². The Morgan fingerprint density at radius 3 is 1.65 bits per heavy atom. The van der Waals surface area contributed by atoms with Gasteiger partial charge < -0.3 is 30.0 Å². The number of halogens is 7. The molecule has 0 spiro atoms. The number of esters is 2. The molecule has 0 unspecified atom stereocenters. The number of aromatic nitrogens is 2. The van der Waals surface area contributed by atoms with Crippen molar-refractivity contribution in [2.24, 2.45) is 0 Å². The third kappa shape index (κ3) is 11.6. The Balaban J connectivity index is 0.000000246. The maximum atomic E-state index is 16.1. The number of nitrogens with two attached hydrogens (primary N) is 1. The Morgan fingerprint density at radius 1 is 0.682 bits per heavy atom. The number of nitrogens with one attached hydrogen (secondary N) is 1. The van der Waals surface area contributed by atoms with Crippen molar-refractivity contribution in [2.75, 3.05) is 39.5 Å². The summed E-state index contributed by atoms with van der Waals surface area (Å²) in [6.07, 6.45) is 6.06. The van der Waals surface area contributed by atoms with Crippen LogP contribution in [0.15, 0.2) is 73.1 Å². The zero-order chi connectivity index (χ0) is 49.0. The van der Waals surface area contributed by atoms with Crippen LogP contribution in [0.25, 0.3) is 22.3 Å². The van der Waals surface area contributed by atoms with Gasteiger partial charge in [-0.3, -0.25) is 9.97 Å². The number of hydrogen-bond donors (Lipinski definition) is 2. The number of ether oxygens (including phenoxy) is 4. The first-order valence-electron chi connectivity index (χ1n) is 20.4. The minimum Gasteiger partial charge on any atom is -0.496 e. The van der Waals surface area contributed by atoms with Gasteiger partial charge in [0.2, 0.25) is 0 Å². The normalized spacial score (nSPS) is 10.6. The van der Waals surface area contributed by atoms with Gasteiger partial charge in [-0.25, -0.2) is 27.2 Å². The molecule has 17 heteroatoms. The summed E-state index contributed by atoms with van der Waals surface area (Å²) < 4.78 is 79.5. The number of methoxy groups -OCH3 is 4. The van der Waals surface area contributed by atoms with Crippen LogP contribution in [0.3, 0.4) is 0 Å². The summed E-state index contributed by atoms with van der Waals surface area (Å²) >= 11 is 14.1. The summed E-state index contributed by atoms with van der Waals surface area (Å²) in [5.74, 6) is -4.37. The van der Waals surface area contributed by atoms with E-state index < -0.39 is 35.2 Å². The van der Waals surface area contributed by atoms with E-state index in [1.807, 2.05) is 39.1 Å². The molecule has 0 radical (unpaired) electrons. The monoisotopic (exact) mass is 1060 g/mol. The summed E-state index contributed by atoms with van der Waals surface area (Å²) in [5, 5.41) is 2.79. The van der Waals surface area contributed by atoms with Crippen molar-refractivity contribution in [1.29, 1.82) is 0 Å². The number of pyridine rings is 2. The Kier molecular flexibility index (Phi) is 19.4. The van der Waals surface area contributed by atoms with E-state index in [0.29, 0.717) is 17.8 Å². The summed E-state index contributed by atoms with van der Waals surface area (Å²) in [7, 11) is 5.06. The fourth-order valence-corrected chi connectivity index (χ4v) is 8.05. The number of benzene rings is 4. The lowest BCUT2D eigenvalue weighted by atomic mass is 9.98. The van der Waals surface area contributed by atoms with Gasteiger partial charge in [-0.05, 0) is 107 Å². The largest absolute Gasteiger partial charge is 0.496 e. The third-order valence-electron chi connectivity index (χ3n) is 10.2. The lowest BCUT2D eigenvalue weighted by molar-refractivity contribution is 0.0591. The lowest BCUT2D eigenvalue weighted by Gasteiger charge is -2.21. The molecule has 6 aromatic rings. The van der Waals surface area contributed by atoms with Crippen molar-refractivity contribution in [3.05, 3.63) is 144 Å². The van der Waals surface area contributed by atoms with Crippen LogP contribution in [0.4, 0.5) is 34.6 Å². The molecule has 2 heterocycles. The van der Waals surface area contributed by atoms with Crippen LogP contribution in [0, 0.1) is 26.8 Å². The van der Waals surface area contributed by atoms with Gasteiger partial charge in [0.1, 0.15) is 29.0 Å². The number of nitrogens with zero attached hydrogens (tertiary/aromatic N) is 2. The average Bonchev–Trinajstić information content (AvgIpc) is 3.31. The van der Waals surface area contributed by atoms with Crippen LogP contribution in [-0.2, 0) is 28.7 Å². The predicted molar refractivity (Wildman–Crippen MR) is 261 cm³/mol. The van der Waals surface area contributed by atoms with Crippen LogP contribution in [0.1, 0.15) is 83.8 Å². The van der Waals surface area contributed by atoms with Gasteiger partial charge >= 0.3 is 11.9 Å². The van der Waals surface area contributed by atoms with Crippen LogP contribution in [0.2, 0.25) is 10.0 Å². The number of carbonyl (C=O) groups excluding carboxylic acids is 2. The molecule has 0 aliphatic heterocycles. The zero-order valence-electron chi connectivity index (χ0n) is 37.7. The second-order valence-electron chi connectivity index (χ2n) is 14.4. The van der Waals surface area contributed by atoms with Gasteiger partial charge in [0, 0.05) is 23.5 Å². The summed E-state index contributed by atoms with van der Waals surface area (Å²) in [5.41, 5.74) is 10.1. The number of anilines is 3. The quantitative estimate of drug-likeness (QED) is 0.0528. The fraction of sp³-hybridized carbons (Fsp3) is 0.265. The van der Waals surface area contributed by atoms with Crippen molar-refractivity contribution in [3.63, 3.8) is 0 Å². The highest BCUT2D eigenvalue weighted by atomic mass is 127. The maximum Gasteiger partial charge on any atom is 0.340 e. The molecule has 0 amide bonds. The molecule has 0 saturated heterocycles. The smallest absolute Gasteiger partial charge is 0.340 e. The SMILES string of the molecule is CCc1ccnc(C(C)C)c1Nc1c(C(=O)OC)cc(Cl)c(-c2c(F)cccc2OC)c1F.CCc1ccnc(CC)c1N.COC(=O)c1cc(Cl)c(-c2c(F)cccc2OC)c(F)c1I. The van der Waals surface area contributed by atoms with Gasteiger partial charge in [-0.15, -0.1) is 0 Å². The van der Waals surface area contributed by atoms with Crippen molar-refractivity contribution in [1.82, 2.24) is 9.97 Å². The molecule has 0 atom stereocenters. The summed E-state index contributed by atoms with van der Waals surface area (Å²) in [6.45, 7) is 10.0. The topological polar surface area (TPSA) is 135 Å². The molecule has 10 nitrogen and oxygen atoms in total. The number of nitrogen functional groups attached to an aromatic ring is 1. The lowest BCUT2D eigenvalue weighted by Crippen LogP contribution is -2.12. The van der Waals surface area contributed by atoms with Crippen LogP contribution >= 0.6 is 45.8 Å². The van der Waals surface area contributed by atoms with Crippen molar-refractivity contribution < 1.29 is 46.1 Å². The first-order chi connectivity index (χ1) is 31.5. The fourth-order valence-electron chi connectivity index (χ4n) is 6.83. The Bertz CT molecular complexity index is 2700. The van der Waals surface area contributed by atoms with Crippen LogP contribution in [-0.4, -0.2) is 50.3 Å². The van der Waals surface area contributed by atoms with Gasteiger partial charge in [-0.1, -0.05) is 70.0 Å². The second kappa shape index (κ2) is 24.2. The Morgan fingerprint density at radius 2 is 1.17 bits per heavy atom. The standard InChI is InChI=1S/C25H25ClF2N2O3.C15H10ClF2IO3.C9H14N2/c1-6-14-10-11-29-22(13(2)3)23(14)30-24-15(25(31)33-5)12-16(26)19(21(24)28)20-17(27)8-7-9-18(20)32-4;1-21-10-5-3-4-9(17)12(10)11-8(16)6-7(15(20)22-2)14(19)13(11)18;1-3-7-5-6-11-8(4-2)9(7)10/h7-13,30H,6H2,1-5H3;3-6H,1-2H3;5-6H,3-4,10H2,1-2H3. The Labute approximate surface area is 405 Å². The number of rotatable bonds is 12. The molecule has 350 valence electrons. The molecule has 3 N–H and O–H groups in total. The first kappa shape index (κ1) is 53.0. The predicted octanol–water partition coefficient (Wildman–Crippen LogP) is 13.4. The van der Waals surface area contributed by atoms with E-state index in [4.69, 9.17) is 43.1 Å². The first-order valence-corrected chi connectivity index (χ1v) is 22.3. The van der Waals surface area contributed by atoms with Crippen LogP contribution in [0.5, 0.6) is 11.5 Å². The number of aryl methyl sites for hydroxylation is 3. The molecule has 6 rings (SSSR count). The molecule has 0 bridgehead atoms. The molecule has 0 aliphatic carbocycles. The highest BCUT2D eigenvalue weighted by Crippen LogP contribution is 2.45. The molecular formula is C49H49Cl2F4IN4O6. The number of carbonyl (C=O) groups is 2. The van der Waals surface area contributed by atoms with Crippen molar-refractivity contribution in [3.8, 4) is 33.8 Å². The molecule has 66 heavy (non-hydrogen) atoms. The Hall–Kier alpha value is -5.65. The molecular weight excluding hydrogens is 1010 g/mol. The van der Waals surface area contributed by atoms with E-state index in [-0.39, 0.29) is 70.1 Å². The average molecular weight is 1060 g/mol. The van der Waals surface area contributed by atoms with E-state index in [1.165, 1.54) is 82.5 Å². The second-order valence-corrected chi connectivity index (χ2v) is 16.3. The minimum atomic E-state index is -0.910. The van der Waals surface area contributed by atoms with Crippen LogP contribution < -0.4 is 20.5 Å². The highest BCUT2D eigenvalue weighted by molar-refractivity contribution is 14.1. The third-order valence-corrected chi connectivity index (χ3v) is 11.9. The summed E-state index contributed by atoms with van der Waals surface area (Å²) in [6, 6.07) is 14.6. The zero-order valence-corrected chi connectivity index (χ0v) is 41.4. The highest BCUT2D eigenvalue weighted by Gasteiger charge is 2.29.